The third kappa shape index (κ3) is 5.57. The van der Waals surface area contributed by atoms with E-state index < -0.39 is 5.97 Å². The number of carbonyl (C=O) groups is 1. The maximum Gasteiger partial charge on any atom is 0.336 e. The van der Waals surface area contributed by atoms with Crippen molar-refractivity contribution in [2.45, 2.75) is 0 Å². The summed E-state index contributed by atoms with van der Waals surface area (Å²) in [6.45, 7) is 0. The third-order valence-corrected chi connectivity index (χ3v) is 6.13. The second kappa shape index (κ2) is 11.3. The zero-order valence-corrected chi connectivity index (χ0v) is 21.3. The zero-order valence-electron chi connectivity index (χ0n) is 19.8. The number of ether oxygens (including phenoxy) is 1. The van der Waals surface area contributed by atoms with Gasteiger partial charge in [-0.2, -0.15) is 9.78 Å². The van der Waals surface area contributed by atoms with Gasteiger partial charge in [0.25, 0.3) is 5.56 Å². The molecule has 0 atom stereocenters. The van der Waals surface area contributed by atoms with Gasteiger partial charge >= 0.3 is 5.97 Å². The van der Waals surface area contributed by atoms with E-state index in [9.17, 15) is 9.59 Å². The van der Waals surface area contributed by atoms with Crippen LogP contribution in [0, 0.1) is 0 Å². The highest BCUT2D eigenvalue weighted by Crippen LogP contribution is 2.29. The number of nitrogens with zero attached hydrogens (tertiary/aromatic N) is 3. The van der Waals surface area contributed by atoms with Crippen molar-refractivity contribution in [3.63, 3.8) is 0 Å². The lowest BCUT2D eigenvalue weighted by atomic mass is 10.2. The van der Waals surface area contributed by atoms with Crippen molar-refractivity contribution in [3.05, 3.63) is 135 Å². The molecule has 0 radical (unpaired) electrons. The summed E-state index contributed by atoms with van der Waals surface area (Å²) >= 11 is 12.5. The number of rotatable bonds is 6. The van der Waals surface area contributed by atoms with Crippen LogP contribution in [0.15, 0.2) is 113 Å². The Morgan fingerprint density at radius 1 is 0.895 bits per heavy atom. The van der Waals surface area contributed by atoms with Crippen LogP contribution in [0.3, 0.4) is 0 Å². The van der Waals surface area contributed by atoms with Crippen molar-refractivity contribution in [2.75, 3.05) is 0 Å². The van der Waals surface area contributed by atoms with E-state index in [0.717, 1.165) is 5.56 Å². The van der Waals surface area contributed by atoms with Gasteiger partial charge in [-0.1, -0.05) is 77.8 Å². The molecular weight excluding hydrogens is 521 g/mol. The molecule has 5 aromatic rings. The molecule has 6 nitrogen and oxygen atoms in total. The molecule has 5 rings (SSSR count). The van der Waals surface area contributed by atoms with Gasteiger partial charge in [0.1, 0.15) is 5.75 Å². The number of fused-ring (bicyclic) bond motifs is 1. The van der Waals surface area contributed by atoms with Crippen molar-refractivity contribution < 1.29 is 9.53 Å². The van der Waals surface area contributed by atoms with Crippen LogP contribution in [-0.4, -0.2) is 21.8 Å². The number of esters is 1. The molecule has 0 unspecified atom stereocenters. The molecule has 1 aromatic heterocycles. The van der Waals surface area contributed by atoms with Crippen LogP contribution >= 0.6 is 23.2 Å². The van der Waals surface area contributed by atoms with Crippen LogP contribution in [0.1, 0.15) is 11.1 Å². The first kappa shape index (κ1) is 25.1. The molecule has 1 heterocycles. The first-order chi connectivity index (χ1) is 18.5. The Kier molecular flexibility index (Phi) is 7.45. The van der Waals surface area contributed by atoms with E-state index >= 15 is 0 Å². The number of halogens is 2. The zero-order chi connectivity index (χ0) is 26.5. The molecule has 0 aliphatic carbocycles. The highest BCUT2D eigenvalue weighted by Gasteiger charge is 2.15. The van der Waals surface area contributed by atoms with Crippen LogP contribution in [0.4, 0.5) is 0 Å². The van der Waals surface area contributed by atoms with Crippen molar-refractivity contribution in [1.29, 1.82) is 0 Å². The average molecular weight is 540 g/mol. The minimum atomic E-state index is -0.548. The summed E-state index contributed by atoms with van der Waals surface area (Å²) in [6, 6.07) is 28.2. The summed E-state index contributed by atoms with van der Waals surface area (Å²) in [5.41, 5.74) is 1.97. The molecular formula is C30H19Cl2N3O3. The van der Waals surface area contributed by atoms with Gasteiger partial charge in [0.2, 0.25) is 0 Å². The molecule has 0 spiro atoms. The number of carbonyl (C=O) groups excluding carboxylic acids is 1. The summed E-state index contributed by atoms with van der Waals surface area (Å²) in [4.78, 5) is 30.6. The Bertz CT molecular complexity index is 1760. The van der Waals surface area contributed by atoms with Crippen LogP contribution < -0.4 is 10.3 Å². The molecule has 0 N–H and O–H groups in total. The SMILES string of the molecule is O=C(/C=C/c1ccccc1)Oc1ccccc1C=Nn1c(-c2ccc(Cl)cc2Cl)nc2ccccc2c1=O. The molecule has 0 saturated heterocycles. The summed E-state index contributed by atoms with van der Waals surface area (Å²) in [7, 11) is 0. The Morgan fingerprint density at radius 2 is 1.63 bits per heavy atom. The number of aromatic nitrogens is 2. The molecule has 0 bridgehead atoms. The first-order valence-corrected chi connectivity index (χ1v) is 12.3. The summed E-state index contributed by atoms with van der Waals surface area (Å²) in [5.74, 6) is -0.0217. The molecule has 0 fully saturated rings. The molecule has 0 amide bonds. The quantitative estimate of drug-likeness (QED) is 0.102. The van der Waals surface area contributed by atoms with Crippen molar-refractivity contribution in [2.24, 2.45) is 5.10 Å². The lowest BCUT2D eigenvalue weighted by molar-refractivity contribution is -0.128. The van der Waals surface area contributed by atoms with E-state index in [4.69, 9.17) is 27.9 Å². The maximum atomic E-state index is 13.5. The van der Waals surface area contributed by atoms with Gasteiger partial charge in [-0.05, 0) is 54.1 Å². The molecule has 186 valence electrons. The molecule has 38 heavy (non-hydrogen) atoms. The second-order valence-electron chi connectivity index (χ2n) is 8.14. The van der Waals surface area contributed by atoms with Gasteiger partial charge < -0.3 is 4.74 Å². The second-order valence-corrected chi connectivity index (χ2v) is 8.98. The normalized spacial score (nSPS) is 11.4. The van der Waals surface area contributed by atoms with Crippen LogP contribution in [0.2, 0.25) is 10.0 Å². The minimum Gasteiger partial charge on any atom is -0.423 e. The lowest BCUT2D eigenvalue weighted by Gasteiger charge is -2.11. The summed E-state index contributed by atoms with van der Waals surface area (Å²) < 4.78 is 6.72. The Labute approximate surface area is 228 Å². The van der Waals surface area contributed by atoms with Gasteiger partial charge in [0.05, 0.1) is 22.1 Å². The van der Waals surface area contributed by atoms with Gasteiger partial charge in [0, 0.05) is 22.2 Å². The summed E-state index contributed by atoms with van der Waals surface area (Å²) in [5, 5.41) is 5.61. The topological polar surface area (TPSA) is 73.5 Å². The van der Waals surface area contributed by atoms with E-state index in [2.05, 4.69) is 10.1 Å². The van der Waals surface area contributed by atoms with E-state index in [1.807, 2.05) is 30.3 Å². The molecule has 0 aliphatic rings. The van der Waals surface area contributed by atoms with Gasteiger partial charge in [-0.3, -0.25) is 4.79 Å². The molecule has 0 saturated carbocycles. The van der Waals surface area contributed by atoms with Crippen molar-refractivity contribution >= 4 is 52.4 Å². The number of benzene rings is 4. The predicted octanol–water partition coefficient (Wildman–Crippen LogP) is 6.87. The first-order valence-electron chi connectivity index (χ1n) is 11.5. The van der Waals surface area contributed by atoms with Gasteiger partial charge in [-0.15, -0.1) is 0 Å². The van der Waals surface area contributed by atoms with E-state index in [0.29, 0.717) is 32.1 Å². The molecule has 0 aliphatic heterocycles. The highest BCUT2D eigenvalue weighted by atomic mass is 35.5. The molecule has 8 heteroatoms. The van der Waals surface area contributed by atoms with E-state index in [1.54, 1.807) is 72.8 Å². The van der Waals surface area contributed by atoms with Crippen LogP contribution in [-0.2, 0) is 4.79 Å². The fourth-order valence-corrected chi connectivity index (χ4v) is 4.24. The Hall–Kier alpha value is -4.52. The Balaban J connectivity index is 1.53. The average Bonchev–Trinajstić information content (AvgIpc) is 2.93. The number of hydrogen-bond donors (Lipinski definition) is 0. The summed E-state index contributed by atoms with van der Waals surface area (Å²) in [6.07, 6.45) is 4.46. The van der Waals surface area contributed by atoms with E-state index in [-0.39, 0.29) is 17.1 Å². The predicted molar refractivity (Wildman–Crippen MR) is 152 cm³/mol. The van der Waals surface area contributed by atoms with Crippen molar-refractivity contribution in [3.8, 4) is 17.1 Å². The Morgan fingerprint density at radius 3 is 2.45 bits per heavy atom. The number of para-hydroxylation sites is 2. The van der Waals surface area contributed by atoms with Crippen LogP contribution in [0.25, 0.3) is 28.4 Å². The largest absolute Gasteiger partial charge is 0.423 e. The van der Waals surface area contributed by atoms with Crippen LogP contribution in [0.5, 0.6) is 5.75 Å². The standard InChI is InChI=1S/C30H19Cl2N3O3/c31-22-15-16-23(25(32)18-22)29-34-26-12-6-5-11-24(26)30(37)35(29)33-19-21-10-4-7-13-27(21)38-28(36)17-14-20-8-2-1-3-9-20/h1-19H/b17-14+,33-19?. The fraction of sp³-hybridized carbons (Fsp3) is 0. The number of hydrogen-bond acceptors (Lipinski definition) is 5. The van der Waals surface area contributed by atoms with Gasteiger partial charge in [0.15, 0.2) is 5.82 Å². The van der Waals surface area contributed by atoms with Crippen molar-refractivity contribution in [1.82, 2.24) is 9.66 Å². The molecule has 4 aromatic carbocycles. The fourth-order valence-electron chi connectivity index (χ4n) is 3.75. The van der Waals surface area contributed by atoms with E-state index in [1.165, 1.54) is 17.0 Å². The third-order valence-electron chi connectivity index (χ3n) is 5.58. The lowest BCUT2D eigenvalue weighted by Crippen LogP contribution is -2.20. The van der Waals surface area contributed by atoms with Gasteiger partial charge in [-0.25, -0.2) is 9.78 Å². The minimum absolute atomic E-state index is 0.242. The smallest absolute Gasteiger partial charge is 0.336 e. The maximum absolute atomic E-state index is 13.5. The monoisotopic (exact) mass is 539 g/mol. The highest BCUT2D eigenvalue weighted by molar-refractivity contribution is 6.36.